The third-order valence-electron chi connectivity index (χ3n) is 4.85. The standard InChI is InChI=1S/C18H16F2N2O3S/c1-10-14-9-13(7-11-3-2-6-22(17(11)14)18(10)23)21-26(24,25)16-8-12(19)4-5-15(16)20/h4-5,7-10,21H,2-3,6H2,1H3/t10-/m0/s1. The molecule has 4 rings (SSSR count). The van der Waals surface area contributed by atoms with Crippen molar-refractivity contribution in [2.24, 2.45) is 0 Å². The van der Waals surface area contributed by atoms with E-state index < -0.39 is 26.6 Å². The van der Waals surface area contributed by atoms with Gasteiger partial charge in [0.1, 0.15) is 16.5 Å². The van der Waals surface area contributed by atoms with Gasteiger partial charge in [0.2, 0.25) is 5.91 Å². The molecule has 2 heterocycles. The molecule has 26 heavy (non-hydrogen) atoms. The first kappa shape index (κ1) is 17.0. The van der Waals surface area contributed by atoms with E-state index in [-0.39, 0.29) is 17.5 Å². The lowest BCUT2D eigenvalue weighted by Crippen LogP contribution is -2.32. The fourth-order valence-corrected chi connectivity index (χ4v) is 4.78. The summed E-state index contributed by atoms with van der Waals surface area (Å²) in [6, 6.07) is 5.53. The van der Waals surface area contributed by atoms with Gasteiger partial charge in [-0.25, -0.2) is 17.2 Å². The average Bonchev–Trinajstić information content (AvgIpc) is 2.83. The van der Waals surface area contributed by atoms with Crippen LogP contribution in [0.1, 0.15) is 30.4 Å². The summed E-state index contributed by atoms with van der Waals surface area (Å²) in [5.74, 6) is -2.24. The zero-order chi connectivity index (χ0) is 18.6. The van der Waals surface area contributed by atoms with E-state index in [0.29, 0.717) is 12.6 Å². The first-order valence-corrected chi connectivity index (χ1v) is 9.72. The van der Waals surface area contributed by atoms with Crippen LogP contribution in [0.5, 0.6) is 0 Å². The molecule has 0 aromatic heterocycles. The maximum absolute atomic E-state index is 13.9. The zero-order valence-electron chi connectivity index (χ0n) is 13.9. The van der Waals surface area contributed by atoms with Crippen molar-refractivity contribution >= 4 is 27.3 Å². The van der Waals surface area contributed by atoms with Crippen LogP contribution in [0.3, 0.4) is 0 Å². The van der Waals surface area contributed by atoms with Crippen LogP contribution in [-0.2, 0) is 21.2 Å². The van der Waals surface area contributed by atoms with Crippen LogP contribution in [0.15, 0.2) is 35.2 Å². The predicted octanol–water partition coefficient (Wildman–Crippen LogP) is 3.16. The van der Waals surface area contributed by atoms with Crippen molar-refractivity contribution in [3.63, 3.8) is 0 Å². The van der Waals surface area contributed by atoms with E-state index >= 15 is 0 Å². The molecule has 1 N–H and O–H groups in total. The molecule has 136 valence electrons. The minimum Gasteiger partial charge on any atom is -0.311 e. The molecule has 1 atom stereocenters. The number of benzene rings is 2. The van der Waals surface area contributed by atoms with E-state index in [1.54, 1.807) is 24.0 Å². The van der Waals surface area contributed by atoms with Gasteiger partial charge < -0.3 is 4.90 Å². The number of halogens is 2. The van der Waals surface area contributed by atoms with Crippen LogP contribution in [0.4, 0.5) is 20.2 Å². The Morgan fingerprint density at radius 3 is 2.73 bits per heavy atom. The molecule has 0 radical (unpaired) electrons. The third-order valence-corrected chi connectivity index (χ3v) is 6.25. The summed E-state index contributed by atoms with van der Waals surface area (Å²) in [6.45, 7) is 2.43. The van der Waals surface area contributed by atoms with Crippen LogP contribution in [0, 0.1) is 11.6 Å². The minimum absolute atomic E-state index is 0.00266. The lowest BCUT2D eigenvalue weighted by Gasteiger charge is -2.26. The van der Waals surface area contributed by atoms with Crippen LogP contribution in [0.2, 0.25) is 0 Å². The summed E-state index contributed by atoms with van der Waals surface area (Å²) < 4.78 is 54.6. The predicted molar refractivity (Wildman–Crippen MR) is 92.7 cm³/mol. The largest absolute Gasteiger partial charge is 0.311 e. The van der Waals surface area contributed by atoms with E-state index in [9.17, 15) is 22.0 Å². The Morgan fingerprint density at radius 2 is 1.96 bits per heavy atom. The van der Waals surface area contributed by atoms with Gasteiger partial charge in [0.15, 0.2) is 0 Å². The van der Waals surface area contributed by atoms with E-state index in [1.165, 1.54) is 0 Å². The van der Waals surface area contributed by atoms with Crippen LogP contribution in [0.25, 0.3) is 0 Å². The van der Waals surface area contributed by atoms with Gasteiger partial charge in [-0.05, 0) is 61.2 Å². The molecular weight excluding hydrogens is 362 g/mol. The Hall–Kier alpha value is -2.48. The Bertz CT molecular complexity index is 1040. The molecular formula is C18H16F2N2O3S. The van der Waals surface area contributed by atoms with E-state index in [4.69, 9.17) is 0 Å². The second-order valence-electron chi connectivity index (χ2n) is 6.57. The van der Waals surface area contributed by atoms with Gasteiger partial charge in [0, 0.05) is 12.2 Å². The third kappa shape index (κ3) is 2.56. The van der Waals surface area contributed by atoms with Crippen molar-refractivity contribution in [1.29, 1.82) is 0 Å². The number of hydrogen-bond acceptors (Lipinski definition) is 3. The van der Waals surface area contributed by atoms with Gasteiger partial charge in [-0.15, -0.1) is 0 Å². The van der Waals surface area contributed by atoms with E-state index in [1.807, 2.05) is 0 Å². The quantitative estimate of drug-likeness (QED) is 0.892. The molecule has 0 aliphatic carbocycles. The number of carbonyl (C=O) groups is 1. The topological polar surface area (TPSA) is 66.5 Å². The van der Waals surface area contributed by atoms with Crippen molar-refractivity contribution in [3.8, 4) is 0 Å². The number of hydrogen-bond donors (Lipinski definition) is 1. The molecule has 1 amide bonds. The highest BCUT2D eigenvalue weighted by molar-refractivity contribution is 7.92. The molecule has 0 saturated carbocycles. The van der Waals surface area contributed by atoms with Crippen LogP contribution in [-0.4, -0.2) is 20.9 Å². The average molecular weight is 378 g/mol. The lowest BCUT2D eigenvalue weighted by molar-refractivity contribution is -0.119. The number of carbonyl (C=O) groups excluding carboxylic acids is 1. The molecule has 8 heteroatoms. The summed E-state index contributed by atoms with van der Waals surface area (Å²) in [5.41, 5.74) is 2.73. The Balaban J connectivity index is 1.77. The Kier molecular flexibility index (Phi) is 3.76. The maximum Gasteiger partial charge on any atom is 0.264 e. The van der Waals surface area contributed by atoms with Crippen molar-refractivity contribution in [2.75, 3.05) is 16.2 Å². The Labute approximate surface area is 149 Å². The fourth-order valence-electron chi connectivity index (χ4n) is 3.65. The molecule has 2 aliphatic rings. The van der Waals surface area contributed by atoms with Crippen molar-refractivity contribution in [3.05, 3.63) is 53.1 Å². The molecule has 0 bridgehead atoms. The smallest absolute Gasteiger partial charge is 0.264 e. The highest BCUT2D eigenvalue weighted by Crippen LogP contribution is 2.44. The highest BCUT2D eigenvalue weighted by Gasteiger charge is 2.38. The highest BCUT2D eigenvalue weighted by atomic mass is 32.2. The van der Waals surface area contributed by atoms with Crippen molar-refractivity contribution < 1.29 is 22.0 Å². The van der Waals surface area contributed by atoms with Gasteiger partial charge in [-0.1, -0.05) is 0 Å². The normalized spacial score (nSPS) is 18.8. The number of rotatable bonds is 3. The summed E-state index contributed by atoms with van der Waals surface area (Å²) in [7, 11) is -4.30. The van der Waals surface area contributed by atoms with Gasteiger partial charge in [0.25, 0.3) is 10.0 Å². The van der Waals surface area contributed by atoms with Crippen LogP contribution >= 0.6 is 0 Å². The van der Waals surface area contributed by atoms with Gasteiger partial charge >= 0.3 is 0 Å². The van der Waals surface area contributed by atoms with E-state index in [2.05, 4.69) is 4.72 Å². The molecule has 0 spiro atoms. The van der Waals surface area contributed by atoms with Crippen molar-refractivity contribution in [1.82, 2.24) is 0 Å². The zero-order valence-corrected chi connectivity index (χ0v) is 14.7. The molecule has 0 fully saturated rings. The number of anilines is 2. The van der Waals surface area contributed by atoms with Crippen molar-refractivity contribution in [2.45, 2.75) is 30.6 Å². The molecule has 5 nitrogen and oxygen atoms in total. The maximum atomic E-state index is 13.9. The van der Waals surface area contributed by atoms with Crippen LogP contribution < -0.4 is 9.62 Å². The molecule has 0 unspecified atom stereocenters. The second kappa shape index (κ2) is 5.77. The number of nitrogens with zero attached hydrogens (tertiary/aromatic N) is 1. The monoisotopic (exact) mass is 378 g/mol. The first-order chi connectivity index (χ1) is 12.3. The number of sulfonamides is 1. The molecule has 2 aromatic rings. The lowest BCUT2D eigenvalue weighted by atomic mass is 9.96. The Morgan fingerprint density at radius 1 is 1.19 bits per heavy atom. The second-order valence-corrected chi connectivity index (χ2v) is 8.22. The SMILES string of the molecule is C[C@@H]1C(=O)N2CCCc3cc(NS(=O)(=O)c4cc(F)ccc4F)cc1c32. The summed E-state index contributed by atoms with van der Waals surface area (Å²) >= 11 is 0. The molecule has 2 aliphatic heterocycles. The van der Waals surface area contributed by atoms with Gasteiger partial charge in [0.05, 0.1) is 11.6 Å². The summed E-state index contributed by atoms with van der Waals surface area (Å²) in [5, 5.41) is 0. The van der Waals surface area contributed by atoms with Gasteiger partial charge in [-0.3, -0.25) is 9.52 Å². The molecule has 2 aromatic carbocycles. The number of aryl methyl sites for hydroxylation is 1. The summed E-state index contributed by atoms with van der Waals surface area (Å²) in [4.78, 5) is 13.4. The fraction of sp³-hybridized carbons (Fsp3) is 0.278. The molecule has 0 saturated heterocycles. The first-order valence-electron chi connectivity index (χ1n) is 8.24. The van der Waals surface area contributed by atoms with Gasteiger partial charge in [-0.2, -0.15) is 0 Å². The summed E-state index contributed by atoms with van der Waals surface area (Å²) in [6.07, 6.45) is 1.52. The van der Waals surface area contributed by atoms with E-state index in [0.717, 1.165) is 41.8 Å². The number of nitrogens with one attached hydrogen (secondary N) is 1. The minimum atomic E-state index is -4.30. The number of amides is 1.